The van der Waals surface area contributed by atoms with Crippen LogP contribution < -0.4 is 0 Å². The van der Waals surface area contributed by atoms with Crippen molar-refractivity contribution < 1.29 is 23.2 Å². The molecule has 0 aliphatic heterocycles. The molecule has 0 bridgehead atoms. The average Bonchev–Trinajstić information content (AvgIpc) is 2.64. The number of phenolic OH excluding ortho intramolecular Hbond substituents is 2. The van der Waals surface area contributed by atoms with Crippen LogP contribution in [0.1, 0.15) is 16.7 Å². The van der Waals surface area contributed by atoms with Gasteiger partial charge in [-0.1, -0.05) is 70.7 Å². The Kier molecular flexibility index (Phi) is 5.98. The van der Waals surface area contributed by atoms with E-state index in [4.69, 9.17) is 46.4 Å². The van der Waals surface area contributed by atoms with Crippen molar-refractivity contribution in [2.45, 2.75) is 4.75 Å². The molecule has 0 spiro atoms. The zero-order valence-corrected chi connectivity index (χ0v) is 18.1. The van der Waals surface area contributed by atoms with Gasteiger partial charge in [0.05, 0.1) is 10.6 Å². The van der Waals surface area contributed by atoms with Crippen LogP contribution in [0.4, 0.5) is 0 Å². The largest absolute Gasteiger partial charge is 0.507 e. The van der Waals surface area contributed by atoms with Gasteiger partial charge >= 0.3 is 0 Å². The van der Waals surface area contributed by atoms with Gasteiger partial charge in [0, 0.05) is 16.1 Å². The molecule has 0 fully saturated rings. The van der Waals surface area contributed by atoms with Crippen LogP contribution in [0.5, 0.6) is 11.5 Å². The maximum Gasteiger partial charge on any atom is 0.283 e. The number of hydrogen-bond acceptors (Lipinski definition) is 4. The lowest BCUT2D eigenvalue weighted by atomic mass is 9.83. The Morgan fingerprint density at radius 3 is 1.55 bits per heavy atom. The van der Waals surface area contributed by atoms with Crippen LogP contribution in [-0.4, -0.2) is 23.2 Å². The molecule has 0 aromatic heterocycles. The number of rotatable bonds is 4. The van der Waals surface area contributed by atoms with Gasteiger partial charge in [-0.25, -0.2) is 0 Å². The predicted octanol–water partition coefficient (Wildman–Crippen LogP) is 5.89. The van der Waals surface area contributed by atoms with Gasteiger partial charge in [0.25, 0.3) is 10.1 Å². The van der Waals surface area contributed by atoms with E-state index in [-0.39, 0.29) is 16.1 Å². The highest BCUT2D eigenvalue weighted by Gasteiger charge is 2.52. The standard InChI is InChI=1S/C19H12Cl4O5S/c20-12-5-1-10(2-6-12)19(29(26,27)28,11-3-7-13(21)8-4-11)16-15(24)9-14(22)17(23)18(16)25/h1-9,24-25H,(H,26,27,28). The molecule has 3 rings (SSSR count). The minimum Gasteiger partial charge on any atom is -0.507 e. The molecule has 0 unspecified atom stereocenters. The zero-order chi connectivity index (χ0) is 21.6. The summed E-state index contributed by atoms with van der Waals surface area (Å²) in [6.07, 6.45) is 0. The van der Waals surface area contributed by atoms with Gasteiger partial charge in [0.1, 0.15) is 16.5 Å². The second-order valence-corrected chi connectivity index (χ2v) is 9.31. The summed E-state index contributed by atoms with van der Waals surface area (Å²) in [7, 11) is -5.09. The Hall–Kier alpha value is -1.67. The third kappa shape index (κ3) is 3.65. The van der Waals surface area contributed by atoms with Crippen LogP contribution in [-0.2, 0) is 14.9 Å². The number of hydrogen-bond donors (Lipinski definition) is 3. The maximum absolute atomic E-state index is 12.9. The third-order valence-corrected chi connectivity index (χ3v) is 7.15. The molecule has 152 valence electrons. The maximum atomic E-state index is 12.9. The Bertz CT molecular complexity index is 1130. The topological polar surface area (TPSA) is 94.8 Å². The first-order valence-corrected chi connectivity index (χ1v) is 10.8. The van der Waals surface area contributed by atoms with Crippen LogP contribution in [0.15, 0.2) is 54.6 Å². The van der Waals surface area contributed by atoms with Crippen LogP contribution in [0.3, 0.4) is 0 Å². The van der Waals surface area contributed by atoms with Crippen LogP contribution in [0.25, 0.3) is 0 Å². The van der Waals surface area contributed by atoms with E-state index in [2.05, 4.69) is 0 Å². The smallest absolute Gasteiger partial charge is 0.283 e. The van der Waals surface area contributed by atoms with Crippen molar-refractivity contribution in [1.29, 1.82) is 0 Å². The second kappa shape index (κ2) is 7.87. The monoisotopic (exact) mass is 492 g/mol. The molecular formula is C19H12Cl4O5S. The summed E-state index contributed by atoms with van der Waals surface area (Å²) in [5, 5.41) is 21.3. The summed E-state index contributed by atoms with van der Waals surface area (Å²) in [4.78, 5) is 0. The van der Waals surface area contributed by atoms with Gasteiger partial charge in [-0.05, 0) is 35.4 Å². The number of benzene rings is 3. The summed E-state index contributed by atoms with van der Waals surface area (Å²) in [5.41, 5.74) is -0.606. The number of aromatic hydroxyl groups is 2. The molecule has 3 aromatic carbocycles. The number of halogens is 4. The molecule has 0 atom stereocenters. The highest BCUT2D eigenvalue weighted by Crippen LogP contribution is 2.53. The van der Waals surface area contributed by atoms with Gasteiger partial charge in [0.15, 0.2) is 4.75 Å². The van der Waals surface area contributed by atoms with E-state index in [0.29, 0.717) is 10.0 Å². The first kappa shape index (κ1) is 22.0. The van der Waals surface area contributed by atoms with E-state index in [1.54, 1.807) is 0 Å². The predicted molar refractivity (Wildman–Crippen MR) is 114 cm³/mol. The molecule has 0 heterocycles. The molecule has 0 aliphatic rings. The van der Waals surface area contributed by atoms with Crippen molar-refractivity contribution in [2.24, 2.45) is 0 Å². The van der Waals surface area contributed by atoms with E-state index in [9.17, 15) is 23.2 Å². The molecule has 0 amide bonds. The minimum absolute atomic E-state index is 0.0179. The highest BCUT2D eigenvalue weighted by molar-refractivity contribution is 7.87. The zero-order valence-electron chi connectivity index (χ0n) is 14.3. The molecule has 5 nitrogen and oxygen atoms in total. The lowest BCUT2D eigenvalue weighted by Crippen LogP contribution is -2.38. The molecule has 0 saturated heterocycles. The molecule has 0 radical (unpaired) electrons. The molecule has 10 heteroatoms. The minimum atomic E-state index is -5.09. The van der Waals surface area contributed by atoms with Gasteiger partial charge in [-0.2, -0.15) is 8.42 Å². The van der Waals surface area contributed by atoms with E-state index in [1.165, 1.54) is 48.5 Å². The fraction of sp³-hybridized carbons (Fsp3) is 0.0526. The molecule has 3 N–H and O–H groups in total. The molecule has 0 saturated carbocycles. The van der Waals surface area contributed by atoms with Crippen molar-refractivity contribution in [1.82, 2.24) is 0 Å². The number of phenols is 2. The second-order valence-electron chi connectivity index (χ2n) is 6.09. The van der Waals surface area contributed by atoms with Crippen molar-refractivity contribution in [3.8, 4) is 11.5 Å². The third-order valence-electron chi connectivity index (χ3n) is 4.41. The van der Waals surface area contributed by atoms with Crippen molar-refractivity contribution in [2.75, 3.05) is 0 Å². The lowest BCUT2D eigenvalue weighted by molar-refractivity contribution is 0.416. The fourth-order valence-electron chi connectivity index (χ4n) is 3.20. The summed E-state index contributed by atoms with van der Waals surface area (Å²) in [6.45, 7) is 0. The van der Waals surface area contributed by atoms with Gasteiger partial charge in [0.2, 0.25) is 0 Å². The lowest BCUT2D eigenvalue weighted by Gasteiger charge is -2.33. The Balaban J connectivity index is 2.59. The summed E-state index contributed by atoms with van der Waals surface area (Å²) >= 11 is 23.8. The summed E-state index contributed by atoms with van der Waals surface area (Å²) in [6, 6.07) is 11.9. The van der Waals surface area contributed by atoms with Gasteiger partial charge in [-0.3, -0.25) is 4.55 Å². The van der Waals surface area contributed by atoms with E-state index >= 15 is 0 Å². The molecule has 0 aliphatic carbocycles. The average molecular weight is 494 g/mol. The molecular weight excluding hydrogens is 482 g/mol. The normalized spacial score (nSPS) is 12.2. The van der Waals surface area contributed by atoms with Crippen molar-refractivity contribution in [3.05, 3.63) is 91.4 Å². The van der Waals surface area contributed by atoms with Gasteiger partial charge < -0.3 is 10.2 Å². The molecule has 29 heavy (non-hydrogen) atoms. The van der Waals surface area contributed by atoms with Crippen LogP contribution in [0, 0.1) is 0 Å². The Morgan fingerprint density at radius 2 is 1.17 bits per heavy atom. The van der Waals surface area contributed by atoms with E-state index < -0.39 is 37.0 Å². The Morgan fingerprint density at radius 1 is 0.759 bits per heavy atom. The summed E-state index contributed by atoms with van der Waals surface area (Å²) < 4.78 is 33.8. The van der Waals surface area contributed by atoms with Crippen LogP contribution in [0.2, 0.25) is 20.1 Å². The quantitative estimate of drug-likeness (QED) is 0.311. The first-order valence-electron chi connectivity index (χ1n) is 7.89. The van der Waals surface area contributed by atoms with E-state index in [1.807, 2.05) is 0 Å². The molecule has 3 aromatic rings. The SMILES string of the molecule is O=S(=O)(O)C(c1ccc(Cl)cc1)(c1ccc(Cl)cc1)c1c(O)cc(Cl)c(Cl)c1O. The van der Waals surface area contributed by atoms with Crippen molar-refractivity contribution in [3.63, 3.8) is 0 Å². The first-order chi connectivity index (χ1) is 13.5. The fourth-order valence-corrected chi connectivity index (χ4v) is 5.12. The van der Waals surface area contributed by atoms with Crippen molar-refractivity contribution >= 4 is 56.5 Å². The summed E-state index contributed by atoms with van der Waals surface area (Å²) in [5.74, 6) is -1.50. The van der Waals surface area contributed by atoms with Crippen LogP contribution >= 0.6 is 46.4 Å². The Labute approximate surface area is 186 Å². The van der Waals surface area contributed by atoms with E-state index in [0.717, 1.165) is 6.07 Å². The highest BCUT2D eigenvalue weighted by atomic mass is 35.5. The van der Waals surface area contributed by atoms with Gasteiger partial charge in [-0.15, -0.1) is 0 Å².